The summed E-state index contributed by atoms with van der Waals surface area (Å²) in [5.74, 6) is 0.113. The molecule has 1 aliphatic rings. The third-order valence-electron chi connectivity index (χ3n) is 3.80. The van der Waals surface area contributed by atoms with E-state index in [1.54, 1.807) is 6.07 Å². The van der Waals surface area contributed by atoms with Gasteiger partial charge in [0.05, 0.1) is 26.8 Å². The van der Waals surface area contributed by atoms with Crippen LogP contribution in [0.5, 0.6) is 5.75 Å². The lowest BCUT2D eigenvalue weighted by Gasteiger charge is -2.32. The molecule has 1 fully saturated rings. The summed E-state index contributed by atoms with van der Waals surface area (Å²) in [6.07, 6.45) is 1.08. The zero-order valence-corrected chi connectivity index (χ0v) is 11.8. The van der Waals surface area contributed by atoms with Crippen molar-refractivity contribution in [2.45, 2.75) is 13.3 Å². The van der Waals surface area contributed by atoms with E-state index in [-0.39, 0.29) is 5.82 Å². The Labute approximate surface area is 114 Å². The summed E-state index contributed by atoms with van der Waals surface area (Å²) < 4.78 is 25.7. The van der Waals surface area contributed by atoms with Crippen molar-refractivity contribution in [1.29, 1.82) is 0 Å². The van der Waals surface area contributed by atoms with E-state index in [4.69, 9.17) is 9.47 Å². The van der Waals surface area contributed by atoms with Gasteiger partial charge in [0.25, 0.3) is 0 Å². The highest BCUT2D eigenvalue weighted by atomic mass is 19.1. The molecule has 0 bridgehead atoms. The fourth-order valence-electron chi connectivity index (χ4n) is 2.44. The largest absolute Gasteiger partial charge is 0.484 e. The maximum atomic E-state index is 13.6. The van der Waals surface area contributed by atoms with E-state index in [2.05, 4.69) is 7.05 Å². The molecule has 1 atom stereocenters. The average Bonchev–Trinajstić information content (AvgIpc) is 2.58. The van der Waals surface area contributed by atoms with Gasteiger partial charge in [0.1, 0.15) is 19.7 Å². The molecule has 19 heavy (non-hydrogen) atoms. The van der Waals surface area contributed by atoms with E-state index < -0.39 is 0 Å². The molecule has 1 aromatic carbocycles. The predicted molar refractivity (Wildman–Crippen MR) is 72.9 cm³/mol. The Morgan fingerprint density at radius 3 is 2.95 bits per heavy atom. The minimum Gasteiger partial charge on any atom is -0.484 e. The number of hydrogen-bond acceptors (Lipinski definition) is 2. The highest BCUT2D eigenvalue weighted by molar-refractivity contribution is 5.33. The summed E-state index contributed by atoms with van der Waals surface area (Å²) in [5.41, 5.74) is 0.849. The molecular formula is C15H23FNO2+. The molecule has 0 spiro atoms. The highest BCUT2D eigenvalue weighted by Crippen LogP contribution is 2.21. The van der Waals surface area contributed by atoms with Gasteiger partial charge in [0.15, 0.2) is 11.6 Å². The molecular weight excluding hydrogens is 245 g/mol. The molecule has 0 saturated carbocycles. The second-order valence-corrected chi connectivity index (χ2v) is 5.49. The van der Waals surface area contributed by atoms with E-state index in [0.29, 0.717) is 12.4 Å². The van der Waals surface area contributed by atoms with Crippen LogP contribution in [0.15, 0.2) is 18.2 Å². The molecule has 1 saturated heterocycles. The summed E-state index contributed by atoms with van der Waals surface area (Å²) in [6.45, 7) is 7.04. The fourth-order valence-corrected chi connectivity index (χ4v) is 2.44. The van der Waals surface area contributed by atoms with Crippen LogP contribution >= 0.6 is 0 Å². The number of rotatable bonds is 4. The molecule has 2 rings (SSSR count). The molecule has 1 aromatic rings. The van der Waals surface area contributed by atoms with Crippen molar-refractivity contribution in [1.82, 2.24) is 0 Å². The van der Waals surface area contributed by atoms with Crippen LogP contribution in [0.3, 0.4) is 0 Å². The van der Waals surface area contributed by atoms with Gasteiger partial charge in [-0.05, 0) is 18.6 Å². The Bertz CT molecular complexity index is 394. The lowest BCUT2D eigenvalue weighted by Crippen LogP contribution is -2.48. The van der Waals surface area contributed by atoms with Crippen molar-refractivity contribution in [3.63, 3.8) is 0 Å². The summed E-state index contributed by atoms with van der Waals surface area (Å²) in [7, 11) is 2.21. The van der Waals surface area contributed by atoms with Crippen LogP contribution in [-0.2, 0) is 4.74 Å². The normalized spacial score (nSPS) is 23.9. The van der Waals surface area contributed by atoms with Gasteiger partial charge in [-0.2, -0.15) is 0 Å². The number of halogens is 1. The first-order chi connectivity index (χ1) is 9.11. The Morgan fingerprint density at radius 2 is 2.16 bits per heavy atom. The van der Waals surface area contributed by atoms with Gasteiger partial charge >= 0.3 is 0 Å². The van der Waals surface area contributed by atoms with Gasteiger partial charge in [-0.25, -0.2) is 4.39 Å². The third-order valence-corrected chi connectivity index (χ3v) is 3.80. The second kappa shape index (κ2) is 6.35. The standard InChI is InChI=1S/C15H23FNO2/c1-13-5-3-6-14(16)15(13)19-12-9-17(2)7-4-10-18-11-8-17/h3,5-6H,4,7-12H2,1-2H3/q+1. The van der Waals surface area contributed by atoms with Crippen LogP contribution < -0.4 is 4.74 Å². The number of ether oxygens (including phenoxy) is 2. The molecule has 0 amide bonds. The van der Waals surface area contributed by atoms with Gasteiger partial charge in [0.2, 0.25) is 0 Å². The minimum atomic E-state index is -0.276. The quantitative estimate of drug-likeness (QED) is 0.781. The molecule has 3 nitrogen and oxygen atoms in total. The van der Waals surface area contributed by atoms with Gasteiger partial charge in [-0.15, -0.1) is 0 Å². The van der Waals surface area contributed by atoms with Crippen molar-refractivity contribution in [2.75, 3.05) is 46.5 Å². The smallest absolute Gasteiger partial charge is 0.165 e. The first kappa shape index (κ1) is 14.3. The molecule has 0 aliphatic carbocycles. The third kappa shape index (κ3) is 3.91. The van der Waals surface area contributed by atoms with Crippen LogP contribution in [0.25, 0.3) is 0 Å². The summed E-state index contributed by atoms with van der Waals surface area (Å²) in [4.78, 5) is 0. The van der Waals surface area contributed by atoms with Crippen molar-refractivity contribution >= 4 is 0 Å². The van der Waals surface area contributed by atoms with Crippen LogP contribution in [0.4, 0.5) is 4.39 Å². The topological polar surface area (TPSA) is 18.5 Å². The van der Waals surface area contributed by atoms with E-state index in [1.165, 1.54) is 6.07 Å². The number of likely N-dealkylation sites (N-methyl/N-ethyl adjacent to an activating group) is 1. The number of quaternary nitrogens is 1. The van der Waals surface area contributed by atoms with Crippen molar-refractivity contribution in [3.05, 3.63) is 29.6 Å². The first-order valence-electron chi connectivity index (χ1n) is 6.90. The number of nitrogens with zero attached hydrogens (tertiary/aromatic N) is 1. The molecule has 4 heteroatoms. The van der Waals surface area contributed by atoms with Gasteiger partial charge in [-0.1, -0.05) is 12.1 Å². The van der Waals surface area contributed by atoms with Crippen LogP contribution in [0.1, 0.15) is 12.0 Å². The first-order valence-corrected chi connectivity index (χ1v) is 6.90. The zero-order chi connectivity index (χ0) is 13.7. The van der Waals surface area contributed by atoms with E-state index in [1.807, 2.05) is 13.0 Å². The molecule has 1 aliphatic heterocycles. The number of para-hydroxylation sites is 1. The van der Waals surface area contributed by atoms with Gasteiger partial charge < -0.3 is 14.0 Å². The van der Waals surface area contributed by atoms with Crippen molar-refractivity contribution in [2.24, 2.45) is 0 Å². The Kier molecular flexibility index (Phi) is 4.77. The maximum absolute atomic E-state index is 13.6. The Hall–Kier alpha value is -1.13. The Balaban J connectivity index is 1.89. The number of hydrogen-bond donors (Lipinski definition) is 0. The number of benzene rings is 1. The summed E-state index contributed by atoms with van der Waals surface area (Å²) in [6, 6.07) is 5.02. The number of aryl methyl sites for hydroxylation is 1. The van der Waals surface area contributed by atoms with Crippen LogP contribution in [0, 0.1) is 12.7 Å². The van der Waals surface area contributed by atoms with Crippen molar-refractivity contribution < 1.29 is 18.3 Å². The van der Waals surface area contributed by atoms with Gasteiger partial charge in [0, 0.05) is 6.42 Å². The van der Waals surface area contributed by atoms with Crippen LogP contribution in [0.2, 0.25) is 0 Å². The molecule has 0 N–H and O–H groups in total. The summed E-state index contributed by atoms with van der Waals surface area (Å²) >= 11 is 0. The molecule has 1 unspecified atom stereocenters. The van der Waals surface area contributed by atoms with E-state index in [9.17, 15) is 4.39 Å². The lowest BCUT2D eigenvalue weighted by atomic mass is 10.2. The molecule has 0 aromatic heterocycles. The fraction of sp³-hybridized carbons (Fsp3) is 0.600. The SMILES string of the molecule is Cc1cccc(F)c1OCC[N+]1(C)CCCOCC1. The summed E-state index contributed by atoms with van der Waals surface area (Å²) in [5, 5.41) is 0. The lowest BCUT2D eigenvalue weighted by molar-refractivity contribution is -0.908. The predicted octanol–water partition coefficient (Wildman–Crippen LogP) is 2.38. The van der Waals surface area contributed by atoms with Crippen molar-refractivity contribution in [3.8, 4) is 5.75 Å². The van der Waals surface area contributed by atoms with Gasteiger partial charge in [-0.3, -0.25) is 0 Å². The second-order valence-electron chi connectivity index (χ2n) is 5.49. The van der Waals surface area contributed by atoms with E-state index >= 15 is 0 Å². The van der Waals surface area contributed by atoms with E-state index in [0.717, 1.165) is 49.3 Å². The highest BCUT2D eigenvalue weighted by Gasteiger charge is 2.23. The average molecular weight is 268 g/mol. The monoisotopic (exact) mass is 268 g/mol. The molecule has 0 radical (unpaired) electrons. The minimum absolute atomic E-state index is 0.276. The van der Waals surface area contributed by atoms with Crippen LogP contribution in [-0.4, -0.2) is 51.0 Å². The Morgan fingerprint density at radius 1 is 1.32 bits per heavy atom. The zero-order valence-electron chi connectivity index (χ0n) is 11.8. The maximum Gasteiger partial charge on any atom is 0.165 e. The molecule has 106 valence electrons. The molecule has 1 heterocycles.